The first kappa shape index (κ1) is 21.6. The van der Waals surface area contributed by atoms with E-state index in [2.05, 4.69) is 16.2 Å². The van der Waals surface area contributed by atoms with Gasteiger partial charge in [-0.2, -0.15) is 0 Å². The maximum Gasteiger partial charge on any atom is 0.306 e. The first-order valence-electron chi connectivity index (χ1n) is 9.02. The van der Waals surface area contributed by atoms with Gasteiger partial charge in [0.15, 0.2) is 6.61 Å². The van der Waals surface area contributed by atoms with Crippen LogP contribution in [0.5, 0.6) is 0 Å². The number of carbonyl (C=O) groups excluding carboxylic acids is 4. The highest BCUT2D eigenvalue weighted by atomic mass is 16.5. The van der Waals surface area contributed by atoms with Gasteiger partial charge in [0.25, 0.3) is 11.8 Å². The summed E-state index contributed by atoms with van der Waals surface area (Å²) in [5.41, 5.74) is 7.48. The van der Waals surface area contributed by atoms with E-state index in [1.165, 1.54) is 0 Å². The second kappa shape index (κ2) is 10.6. The van der Waals surface area contributed by atoms with Gasteiger partial charge in [0, 0.05) is 17.7 Å². The molecule has 3 N–H and O–H groups in total. The molecule has 0 unspecified atom stereocenters. The summed E-state index contributed by atoms with van der Waals surface area (Å²) in [5, 5.41) is 2.66. The highest BCUT2D eigenvalue weighted by Gasteiger charge is 2.12. The number of rotatable bonds is 7. The summed E-state index contributed by atoms with van der Waals surface area (Å²) in [6.07, 6.45) is -0.406. The van der Waals surface area contributed by atoms with E-state index in [0.717, 1.165) is 11.1 Å². The van der Waals surface area contributed by atoms with E-state index >= 15 is 0 Å². The number of hydrogen-bond acceptors (Lipinski definition) is 5. The van der Waals surface area contributed by atoms with Gasteiger partial charge in [-0.05, 0) is 37.6 Å². The minimum Gasteiger partial charge on any atom is -0.456 e. The van der Waals surface area contributed by atoms with Crippen LogP contribution in [0.25, 0.3) is 0 Å². The van der Waals surface area contributed by atoms with Crippen molar-refractivity contribution in [2.24, 2.45) is 0 Å². The number of esters is 1. The fourth-order valence-electron chi connectivity index (χ4n) is 2.42. The molecule has 0 radical (unpaired) electrons. The Hall–Kier alpha value is -3.68. The van der Waals surface area contributed by atoms with Crippen molar-refractivity contribution in [2.75, 3.05) is 11.9 Å². The zero-order valence-corrected chi connectivity index (χ0v) is 16.3. The first-order valence-corrected chi connectivity index (χ1v) is 9.02. The lowest BCUT2D eigenvalue weighted by atomic mass is 10.1. The van der Waals surface area contributed by atoms with Crippen molar-refractivity contribution in [2.45, 2.75) is 26.7 Å². The molecular formula is C21H23N3O5. The summed E-state index contributed by atoms with van der Waals surface area (Å²) in [4.78, 5) is 47.1. The molecule has 2 aromatic carbocycles. The lowest BCUT2D eigenvalue weighted by molar-refractivity contribution is -0.148. The van der Waals surface area contributed by atoms with Gasteiger partial charge in [-0.25, -0.2) is 0 Å². The SMILES string of the molecule is Cc1ccc(NC(=O)COC(=O)CCC(=O)NNC(=O)c2ccccc2)c(C)c1. The van der Waals surface area contributed by atoms with Crippen molar-refractivity contribution in [3.05, 3.63) is 65.2 Å². The fraction of sp³-hybridized carbons (Fsp3) is 0.238. The van der Waals surface area contributed by atoms with Crippen LogP contribution < -0.4 is 16.2 Å². The topological polar surface area (TPSA) is 114 Å². The zero-order valence-electron chi connectivity index (χ0n) is 16.3. The van der Waals surface area contributed by atoms with Gasteiger partial charge in [0.1, 0.15) is 0 Å². The van der Waals surface area contributed by atoms with Crippen LogP contribution in [-0.2, 0) is 19.1 Å². The number of hydrogen-bond donors (Lipinski definition) is 3. The molecule has 2 aromatic rings. The Kier molecular flexibility index (Phi) is 7.90. The Morgan fingerprint density at radius 3 is 2.28 bits per heavy atom. The average Bonchev–Trinajstić information content (AvgIpc) is 2.71. The summed E-state index contributed by atoms with van der Waals surface area (Å²) in [6.45, 7) is 3.37. The normalized spacial score (nSPS) is 10.0. The molecule has 0 heterocycles. The van der Waals surface area contributed by atoms with Gasteiger partial charge >= 0.3 is 5.97 Å². The van der Waals surface area contributed by atoms with Crippen molar-refractivity contribution in [3.8, 4) is 0 Å². The fourth-order valence-corrected chi connectivity index (χ4v) is 2.42. The summed E-state index contributed by atoms with van der Waals surface area (Å²) in [5.74, 6) is -2.18. The molecule has 0 bridgehead atoms. The molecule has 0 aliphatic heterocycles. The Balaban J connectivity index is 1.65. The molecule has 152 valence electrons. The largest absolute Gasteiger partial charge is 0.456 e. The van der Waals surface area contributed by atoms with E-state index in [0.29, 0.717) is 11.3 Å². The van der Waals surface area contributed by atoms with Gasteiger partial charge in [-0.3, -0.25) is 30.0 Å². The number of aryl methyl sites for hydroxylation is 2. The number of ether oxygens (including phenoxy) is 1. The predicted octanol–water partition coefficient (Wildman–Crippen LogP) is 2.03. The van der Waals surface area contributed by atoms with Crippen molar-refractivity contribution in [1.82, 2.24) is 10.9 Å². The van der Waals surface area contributed by atoms with Crippen molar-refractivity contribution < 1.29 is 23.9 Å². The van der Waals surface area contributed by atoms with Crippen LogP contribution >= 0.6 is 0 Å². The molecule has 8 heteroatoms. The molecule has 0 saturated heterocycles. The minimum absolute atomic E-state index is 0.188. The first-order chi connectivity index (χ1) is 13.8. The molecule has 3 amide bonds. The van der Waals surface area contributed by atoms with Gasteiger partial charge in [-0.1, -0.05) is 35.9 Å². The minimum atomic E-state index is -0.690. The van der Waals surface area contributed by atoms with E-state index in [1.807, 2.05) is 26.0 Å². The monoisotopic (exact) mass is 397 g/mol. The number of nitrogens with one attached hydrogen (secondary N) is 3. The van der Waals surface area contributed by atoms with E-state index in [-0.39, 0.29) is 12.8 Å². The molecule has 0 saturated carbocycles. The molecule has 0 fully saturated rings. The molecular weight excluding hydrogens is 374 g/mol. The number of amides is 3. The smallest absolute Gasteiger partial charge is 0.306 e. The summed E-state index contributed by atoms with van der Waals surface area (Å²) >= 11 is 0. The number of hydrazine groups is 1. The number of carbonyl (C=O) groups is 4. The van der Waals surface area contributed by atoms with Crippen LogP contribution in [0.3, 0.4) is 0 Å². The number of anilines is 1. The van der Waals surface area contributed by atoms with Crippen LogP contribution in [0.2, 0.25) is 0 Å². The van der Waals surface area contributed by atoms with Crippen LogP contribution in [0.1, 0.15) is 34.3 Å². The van der Waals surface area contributed by atoms with E-state index in [9.17, 15) is 19.2 Å². The molecule has 29 heavy (non-hydrogen) atoms. The van der Waals surface area contributed by atoms with Gasteiger partial charge in [0.05, 0.1) is 6.42 Å². The van der Waals surface area contributed by atoms with Gasteiger partial charge in [-0.15, -0.1) is 0 Å². The van der Waals surface area contributed by atoms with E-state index in [4.69, 9.17) is 4.74 Å². The van der Waals surface area contributed by atoms with Gasteiger partial charge in [0.2, 0.25) is 5.91 Å². The molecule has 0 atom stereocenters. The standard InChI is InChI=1S/C21H23N3O5/c1-14-8-9-17(15(2)12-14)22-19(26)13-29-20(27)11-10-18(25)23-24-21(28)16-6-4-3-5-7-16/h3-9,12H,10-11,13H2,1-2H3,(H,22,26)(H,23,25)(H,24,28). The summed E-state index contributed by atoms with van der Waals surface area (Å²) in [6, 6.07) is 13.9. The summed E-state index contributed by atoms with van der Waals surface area (Å²) in [7, 11) is 0. The third-order valence-corrected chi connectivity index (χ3v) is 3.93. The highest BCUT2D eigenvalue weighted by Crippen LogP contribution is 2.15. The maximum atomic E-state index is 11.9. The Morgan fingerprint density at radius 1 is 0.862 bits per heavy atom. The second-order valence-corrected chi connectivity index (χ2v) is 6.40. The Labute approximate surface area is 168 Å². The molecule has 0 aliphatic rings. The number of benzene rings is 2. The third-order valence-electron chi connectivity index (χ3n) is 3.93. The second-order valence-electron chi connectivity index (χ2n) is 6.40. The molecule has 0 spiro atoms. The summed E-state index contributed by atoms with van der Waals surface area (Å²) < 4.78 is 4.87. The van der Waals surface area contributed by atoms with Crippen LogP contribution in [0, 0.1) is 13.8 Å². The molecule has 2 rings (SSSR count). The van der Waals surface area contributed by atoms with Crippen molar-refractivity contribution in [1.29, 1.82) is 0 Å². The zero-order chi connectivity index (χ0) is 21.2. The van der Waals surface area contributed by atoms with E-state index in [1.54, 1.807) is 36.4 Å². The predicted molar refractivity (Wildman–Crippen MR) is 107 cm³/mol. The molecule has 0 aromatic heterocycles. The average molecular weight is 397 g/mol. The highest BCUT2D eigenvalue weighted by molar-refractivity contribution is 5.95. The van der Waals surface area contributed by atoms with Crippen LogP contribution in [-0.4, -0.2) is 30.3 Å². The van der Waals surface area contributed by atoms with Crippen LogP contribution in [0.4, 0.5) is 5.69 Å². The lowest BCUT2D eigenvalue weighted by Gasteiger charge is -2.10. The van der Waals surface area contributed by atoms with Crippen molar-refractivity contribution in [3.63, 3.8) is 0 Å². The van der Waals surface area contributed by atoms with Crippen molar-refractivity contribution >= 4 is 29.4 Å². The molecule has 0 aliphatic carbocycles. The lowest BCUT2D eigenvalue weighted by Crippen LogP contribution is -2.41. The Bertz CT molecular complexity index is 896. The Morgan fingerprint density at radius 2 is 1.59 bits per heavy atom. The maximum absolute atomic E-state index is 11.9. The van der Waals surface area contributed by atoms with E-state index < -0.39 is 30.3 Å². The quantitative estimate of drug-likeness (QED) is 0.489. The van der Waals surface area contributed by atoms with Crippen LogP contribution in [0.15, 0.2) is 48.5 Å². The third kappa shape index (κ3) is 7.45. The molecule has 8 nitrogen and oxygen atoms in total. The van der Waals surface area contributed by atoms with Gasteiger partial charge < -0.3 is 10.1 Å².